The Morgan fingerprint density at radius 1 is 1.23 bits per heavy atom. The third-order valence-electron chi connectivity index (χ3n) is 7.72. The number of H-pyrrole nitrogens is 1. The number of aromatic nitrogens is 1. The number of amides is 1. The van der Waals surface area contributed by atoms with Gasteiger partial charge in [-0.1, -0.05) is 25.1 Å². The van der Waals surface area contributed by atoms with Gasteiger partial charge in [-0.15, -0.1) is 11.3 Å². The van der Waals surface area contributed by atoms with Gasteiger partial charge in [-0.25, -0.2) is 0 Å². The number of nitrogens with zero attached hydrogens (tertiary/aromatic N) is 1. The zero-order valence-electron chi connectivity index (χ0n) is 17.3. The molecule has 7 rings (SSSR count). The summed E-state index contributed by atoms with van der Waals surface area (Å²) in [4.78, 5) is 20.3. The first-order valence-corrected chi connectivity index (χ1v) is 12.1. The summed E-state index contributed by atoms with van der Waals surface area (Å²) in [5.41, 5.74) is 3.10. The van der Waals surface area contributed by atoms with E-state index in [9.17, 15) is 9.90 Å². The molecule has 2 aliphatic carbocycles. The van der Waals surface area contributed by atoms with Gasteiger partial charge in [0.15, 0.2) is 0 Å². The average molecular weight is 421 g/mol. The highest BCUT2D eigenvalue weighted by Gasteiger charge is 2.54. The van der Waals surface area contributed by atoms with Crippen LogP contribution in [0.2, 0.25) is 0 Å². The third kappa shape index (κ3) is 2.86. The van der Waals surface area contributed by atoms with E-state index >= 15 is 0 Å². The molecule has 2 aliphatic heterocycles. The number of carbonyl (C=O) groups excluding carboxylic acids is 1. The molecule has 3 atom stereocenters. The Morgan fingerprint density at radius 3 is 2.73 bits per heavy atom. The van der Waals surface area contributed by atoms with Gasteiger partial charge in [0.1, 0.15) is 0 Å². The molecular weight excluding hydrogens is 392 g/mol. The monoisotopic (exact) mass is 420 g/mol. The Bertz CT molecular complexity index is 1090. The standard InChI is InChI=1S/C25H28N2O2S/c1-15(8-23(28)27-17-9-16-10-18(27)13-25(29,11-16)12-17)20-14-26-21-5-2-4-19(24(20)21)22-6-3-7-30-22/h2-7,14-18,26,29H,8-13H2,1H3. The maximum absolute atomic E-state index is 13.4. The first kappa shape index (κ1) is 18.6. The molecule has 1 aromatic carbocycles. The molecule has 2 N–H and O–H groups in total. The van der Waals surface area contributed by atoms with Crippen molar-refractivity contribution < 1.29 is 9.90 Å². The van der Waals surface area contributed by atoms with Gasteiger partial charge >= 0.3 is 0 Å². The maximum atomic E-state index is 13.4. The smallest absolute Gasteiger partial charge is 0.223 e. The lowest BCUT2D eigenvalue weighted by molar-refractivity contribution is -0.174. The van der Waals surface area contributed by atoms with Crippen LogP contribution in [-0.2, 0) is 4.79 Å². The van der Waals surface area contributed by atoms with Crippen molar-refractivity contribution in [2.24, 2.45) is 5.92 Å². The molecule has 156 valence electrons. The number of benzene rings is 1. The second-order valence-electron chi connectivity index (χ2n) is 9.84. The van der Waals surface area contributed by atoms with Crippen LogP contribution in [0.4, 0.5) is 0 Å². The van der Waals surface area contributed by atoms with E-state index in [1.54, 1.807) is 11.3 Å². The molecule has 3 aromatic rings. The number of piperidine rings is 2. The number of nitrogens with one attached hydrogen (secondary N) is 1. The Balaban J connectivity index is 1.28. The molecule has 4 heterocycles. The van der Waals surface area contributed by atoms with Gasteiger partial charge in [0.05, 0.1) is 5.60 Å². The number of rotatable bonds is 4. The van der Waals surface area contributed by atoms with Gasteiger partial charge < -0.3 is 15.0 Å². The van der Waals surface area contributed by atoms with Crippen LogP contribution in [0.25, 0.3) is 21.3 Å². The SMILES string of the molecule is CC(CC(=O)N1C2CC3CC1CC(O)(C3)C2)c1c[nH]c2cccc(-c3cccs3)c12. The molecule has 1 amide bonds. The molecule has 3 unspecified atom stereocenters. The first-order valence-electron chi connectivity index (χ1n) is 11.2. The summed E-state index contributed by atoms with van der Waals surface area (Å²) in [6.45, 7) is 2.18. The zero-order valence-corrected chi connectivity index (χ0v) is 18.1. The molecule has 4 bridgehead atoms. The molecule has 2 saturated heterocycles. The van der Waals surface area contributed by atoms with Gasteiger partial charge in [-0.3, -0.25) is 4.79 Å². The zero-order chi connectivity index (χ0) is 20.5. The molecule has 2 saturated carbocycles. The molecule has 0 radical (unpaired) electrons. The summed E-state index contributed by atoms with van der Waals surface area (Å²) < 4.78 is 0. The topological polar surface area (TPSA) is 56.3 Å². The Morgan fingerprint density at radius 2 is 2.03 bits per heavy atom. The van der Waals surface area contributed by atoms with Crippen molar-refractivity contribution in [1.29, 1.82) is 0 Å². The van der Waals surface area contributed by atoms with Crippen LogP contribution in [0.15, 0.2) is 41.9 Å². The van der Waals surface area contributed by atoms with Crippen molar-refractivity contribution >= 4 is 28.1 Å². The Labute approximate surface area is 180 Å². The predicted octanol–water partition coefficient (Wildman–Crippen LogP) is 5.29. The highest BCUT2D eigenvalue weighted by Crippen LogP contribution is 2.51. The molecule has 4 aliphatic rings. The largest absolute Gasteiger partial charge is 0.390 e. The van der Waals surface area contributed by atoms with E-state index in [-0.39, 0.29) is 23.9 Å². The van der Waals surface area contributed by atoms with Crippen LogP contribution in [0.1, 0.15) is 56.9 Å². The summed E-state index contributed by atoms with van der Waals surface area (Å²) in [6.07, 6.45) is 7.27. The van der Waals surface area contributed by atoms with E-state index in [4.69, 9.17) is 0 Å². The van der Waals surface area contributed by atoms with E-state index in [2.05, 4.69) is 58.7 Å². The number of hydrogen-bond acceptors (Lipinski definition) is 3. The summed E-state index contributed by atoms with van der Waals surface area (Å²) in [7, 11) is 0. The van der Waals surface area contributed by atoms with Crippen LogP contribution in [-0.4, -0.2) is 38.6 Å². The minimum absolute atomic E-state index is 0.146. The molecule has 0 spiro atoms. The first-order chi connectivity index (χ1) is 14.5. The maximum Gasteiger partial charge on any atom is 0.223 e. The van der Waals surface area contributed by atoms with E-state index < -0.39 is 5.60 Å². The van der Waals surface area contributed by atoms with E-state index in [1.165, 1.54) is 21.4 Å². The van der Waals surface area contributed by atoms with Gasteiger partial charge in [-0.2, -0.15) is 0 Å². The normalized spacial score (nSPS) is 30.9. The summed E-state index contributed by atoms with van der Waals surface area (Å²) in [5.74, 6) is 1.02. The van der Waals surface area contributed by atoms with Crippen molar-refractivity contribution in [3.63, 3.8) is 0 Å². The van der Waals surface area contributed by atoms with E-state index in [0.717, 1.165) is 37.6 Å². The number of thiophene rings is 1. The van der Waals surface area contributed by atoms with Crippen molar-refractivity contribution in [2.45, 2.75) is 69.1 Å². The predicted molar refractivity (Wildman–Crippen MR) is 121 cm³/mol. The van der Waals surface area contributed by atoms with Gasteiger partial charge in [-0.05, 0) is 67.0 Å². The quantitative estimate of drug-likeness (QED) is 0.602. The lowest BCUT2D eigenvalue weighted by Gasteiger charge is -2.59. The lowest BCUT2D eigenvalue weighted by atomic mass is 9.61. The second kappa shape index (κ2) is 6.69. The summed E-state index contributed by atoms with van der Waals surface area (Å²) in [5, 5.41) is 14.2. The van der Waals surface area contributed by atoms with Crippen molar-refractivity contribution in [3.05, 3.63) is 47.5 Å². The number of aromatic amines is 1. The Hall–Kier alpha value is -2.11. The van der Waals surface area contributed by atoms with E-state index in [1.807, 2.05) is 0 Å². The van der Waals surface area contributed by atoms with Crippen LogP contribution in [0.3, 0.4) is 0 Å². The molecular formula is C25H28N2O2S. The number of aliphatic hydroxyl groups is 1. The molecule has 2 aromatic heterocycles. The fourth-order valence-electron chi connectivity index (χ4n) is 6.71. The summed E-state index contributed by atoms with van der Waals surface area (Å²) >= 11 is 1.75. The minimum Gasteiger partial charge on any atom is -0.390 e. The van der Waals surface area contributed by atoms with Crippen molar-refractivity contribution in [2.75, 3.05) is 0 Å². The summed E-state index contributed by atoms with van der Waals surface area (Å²) in [6, 6.07) is 11.1. The molecule has 4 fully saturated rings. The van der Waals surface area contributed by atoms with Crippen LogP contribution in [0, 0.1) is 5.92 Å². The van der Waals surface area contributed by atoms with Crippen LogP contribution >= 0.6 is 11.3 Å². The van der Waals surface area contributed by atoms with Gasteiger partial charge in [0.25, 0.3) is 0 Å². The fraction of sp³-hybridized carbons (Fsp3) is 0.480. The third-order valence-corrected chi connectivity index (χ3v) is 8.62. The molecule has 30 heavy (non-hydrogen) atoms. The fourth-order valence-corrected chi connectivity index (χ4v) is 7.47. The average Bonchev–Trinajstić information content (AvgIpc) is 3.36. The lowest BCUT2D eigenvalue weighted by Crippen LogP contribution is -2.65. The highest BCUT2D eigenvalue weighted by molar-refractivity contribution is 7.13. The number of carbonyl (C=O) groups is 1. The Kier molecular flexibility index (Phi) is 4.16. The number of fused-ring (bicyclic) bond motifs is 1. The minimum atomic E-state index is -0.509. The van der Waals surface area contributed by atoms with E-state index in [0.29, 0.717) is 12.3 Å². The molecule has 4 nitrogen and oxygen atoms in total. The van der Waals surface area contributed by atoms with Crippen molar-refractivity contribution in [3.8, 4) is 10.4 Å². The van der Waals surface area contributed by atoms with Gasteiger partial charge in [0, 0.05) is 46.0 Å². The van der Waals surface area contributed by atoms with Crippen molar-refractivity contribution in [1.82, 2.24) is 9.88 Å². The number of hydrogen-bond donors (Lipinski definition) is 2. The molecule has 5 heteroatoms. The highest BCUT2D eigenvalue weighted by atomic mass is 32.1. The van der Waals surface area contributed by atoms with Gasteiger partial charge in [0.2, 0.25) is 5.91 Å². The van der Waals surface area contributed by atoms with Crippen LogP contribution < -0.4 is 0 Å². The van der Waals surface area contributed by atoms with Crippen LogP contribution in [0.5, 0.6) is 0 Å². The second-order valence-corrected chi connectivity index (χ2v) is 10.8.